The molecule has 0 bridgehead atoms. The summed E-state index contributed by atoms with van der Waals surface area (Å²) in [5, 5.41) is 2.90. The van der Waals surface area contributed by atoms with E-state index < -0.39 is 0 Å². The number of unbranched alkanes of at least 4 members (excludes halogenated alkanes) is 1. The maximum atomic E-state index is 12.6. The van der Waals surface area contributed by atoms with Crippen molar-refractivity contribution in [2.45, 2.75) is 58.5 Å². The van der Waals surface area contributed by atoms with Crippen molar-refractivity contribution in [3.8, 4) is 0 Å². The number of amides is 2. The van der Waals surface area contributed by atoms with Crippen molar-refractivity contribution < 1.29 is 9.59 Å². The molecule has 1 saturated heterocycles. The van der Waals surface area contributed by atoms with Crippen LogP contribution in [0.1, 0.15) is 46.5 Å². The molecule has 0 aromatic rings. The fraction of sp³-hybridized carbons (Fsp3) is 0.875. The Morgan fingerprint density at radius 1 is 1.24 bits per heavy atom. The molecule has 1 aliphatic rings. The molecule has 1 fully saturated rings. The first-order valence-corrected chi connectivity index (χ1v) is 8.14. The Morgan fingerprint density at radius 3 is 2.43 bits per heavy atom. The van der Waals surface area contributed by atoms with Gasteiger partial charge >= 0.3 is 0 Å². The molecule has 0 aromatic carbocycles. The molecule has 2 atom stereocenters. The third-order valence-electron chi connectivity index (χ3n) is 3.97. The van der Waals surface area contributed by atoms with Gasteiger partial charge in [0, 0.05) is 6.54 Å². The predicted octanol–water partition coefficient (Wildman–Crippen LogP) is 1.48. The van der Waals surface area contributed by atoms with E-state index in [0.717, 1.165) is 32.2 Å². The van der Waals surface area contributed by atoms with E-state index in [1.54, 1.807) is 0 Å². The van der Waals surface area contributed by atoms with Crippen LogP contribution in [0, 0.1) is 5.92 Å². The van der Waals surface area contributed by atoms with E-state index in [1.807, 2.05) is 39.8 Å². The molecule has 0 saturated carbocycles. The molecular formula is C16H31N3O2. The van der Waals surface area contributed by atoms with Gasteiger partial charge in [0.25, 0.3) is 0 Å². The van der Waals surface area contributed by atoms with Crippen molar-refractivity contribution in [2.75, 3.05) is 27.2 Å². The number of carbonyl (C=O) groups is 2. The zero-order valence-corrected chi connectivity index (χ0v) is 14.2. The maximum Gasteiger partial charge on any atom is 0.245 e. The summed E-state index contributed by atoms with van der Waals surface area (Å²) in [6, 6.07) is -0.642. The monoisotopic (exact) mass is 297 g/mol. The lowest BCUT2D eigenvalue weighted by Gasteiger charge is -2.41. The van der Waals surface area contributed by atoms with Gasteiger partial charge in [-0.1, -0.05) is 27.2 Å². The molecule has 2 unspecified atom stereocenters. The Labute approximate surface area is 129 Å². The lowest BCUT2D eigenvalue weighted by Crippen LogP contribution is -2.64. The molecule has 1 aliphatic heterocycles. The quantitative estimate of drug-likeness (QED) is 0.691. The molecule has 0 aromatic heterocycles. The van der Waals surface area contributed by atoms with Gasteiger partial charge in [-0.3, -0.25) is 9.59 Å². The van der Waals surface area contributed by atoms with Crippen molar-refractivity contribution >= 4 is 11.8 Å². The van der Waals surface area contributed by atoms with Crippen molar-refractivity contribution in [3.05, 3.63) is 0 Å². The lowest BCUT2D eigenvalue weighted by molar-refractivity contribution is -0.151. The Balaban J connectivity index is 2.70. The first-order chi connectivity index (χ1) is 9.88. The normalized spacial score (nSPS) is 23.1. The van der Waals surface area contributed by atoms with E-state index in [2.05, 4.69) is 10.2 Å². The van der Waals surface area contributed by atoms with E-state index in [0.29, 0.717) is 6.54 Å². The topological polar surface area (TPSA) is 52.7 Å². The molecule has 21 heavy (non-hydrogen) atoms. The zero-order valence-electron chi connectivity index (χ0n) is 14.2. The van der Waals surface area contributed by atoms with Gasteiger partial charge < -0.3 is 15.1 Å². The van der Waals surface area contributed by atoms with Crippen molar-refractivity contribution in [1.82, 2.24) is 15.1 Å². The number of rotatable bonds is 8. The molecular weight excluding hydrogens is 266 g/mol. The minimum absolute atomic E-state index is 0.00987. The smallest absolute Gasteiger partial charge is 0.245 e. The first-order valence-electron chi connectivity index (χ1n) is 8.14. The standard InChI is InChI=1S/C16H31N3O2/c1-6-9-13-16(21)19(11-8-7-10-18(4)5)14(12(2)3)15(20)17-13/h12-14H,6-11H2,1-5H3,(H,17,20). The summed E-state index contributed by atoms with van der Waals surface area (Å²) in [7, 11) is 4.10. The summed E-state index contributed by atoms with van der Waals surface area (Å²) in [4.78, 5) is 28.9. The third kappa shape index (κ3) is 4.99. The molecule has 1 rings (SSSR count). The highest BCUT2D eigenvalue weighted by Gasteiger charge is 2.40. The van der Waals surface area contributed by atoms with Gasteiger partial charge in [0.05, 0.1) is 0 Å². The molecule has 1 N–H and O–H groups in total. The average molecular weight is 297 g/mol. The van der Waals surface area contributed by atoms with Crippen LogP contribution < -0.4 is 5.32 Å². The zero-order chi connectivity index (χ0) is 16.0. The third-order valence-corrected chi connectivity index (χ3v) is 3.97. The molecule has 5 heteroatoms. The summed E-state index contributed by atoms with van der Waals surface area (Å²) >= 11 is 0. The fourth-order valence-corrected chi connectivity index (χ4v) is 2.90. The van der Waals surface area contributed by atoms with Crippen molar-refractivity contribution in [1.29, 1.82) is 0 Å². The van der Waals surface area contributed by atoms with Gasteiger partial charge in [0.2, 0.25) is 11.8 Å². The number of hydrogen-bond donors (Lipinski definition) is 1. The minimum Gasteiger partial charge on any atom is -0.342 e. The number of hydrogen-bond acceptors (Lipinski definition) is 3. The van der Waals surface area contributed by atoms with Crippen LogP contribution in [0.15, 0.2) is 0 Å². The molecule has 0 aliphatic carbocycles. The second-order valence-corrected chi connectivity index (χ2v) is 6.58. The highest BCUT2D eigenvalue weighted by molar-refractivity contribution is 5.97. The Bertz CT molecular complexity index is 355. The maximum absolute atomic E-state index is 12.6. The van der Waals surface area contributed by atoms with Crippen LogP contribution in [0.5, 0.6) is 0 Å². The van der Waals surface area contributed by atoms with Gasteiger partial charge in [-0.2, -0.15) is 0 Å². The second kappa shape index (κ2) is 8.37. The van der Waals surface area contributed by atoms with Crippen molar-refractivity contribution in [3.63, 3.8) is 0 Å². The average Bonchev–Trinajstić information content (AvgIpc) is 2.38. The van der Waals surface area contributed by atoms with Gasteiger partial charge in [-0.15, -0.1) is 0 Å². The summed E-state index contributed by atoms with van der Waals surface area (Å²) < 4.78 is 0. The Kier molecular flexibility index (Phi) is 7.15. The number of piperazine rings is 1. The SMILES string of the molecule is CCCC1NC(=O)C(C(C)C)N(CCCCN(C)C)C1=O. The predicted molar refractivity (Wildman–Crippen MR) is 85.0 cm³/mol. The molecule has 1 heterocycles. The Morgan fingerprint density at radius 2 is 1.90 bits per heavy atom. The molecule has 0 spiro atoms. The van der Waals surface area contributed by atoms with E-state index >= 15 is 0 Å². The van der Waals surface area contributed by atoms with Crippen LogP contribution in [-0.2, 0) is 9.59 Å². The van der Waals surface area contributed by atoms with Gasteiger partial charge in [0.15, 0.2) is 0 Å². The number of nitrogens with zero attached hydrogens (tertiary/aromatic N) is 2. The summed E-state index contributed by atoms with van der Waals surface area (Å²) in [5.74, 6) is 0.251. The highest BCUT2D eigenvalue weighted by atomic mass is 16.2. The minimum atomic E-state index is -0.327. The van der Waals surface area contributed by atoms with Crippen molar-refractivity contribution in [2.24, 2.45) is 5.92 Å². The largest absolute Gasteiger partial charge is 0.342 e. The van der Waals surface area contributed by atoms with Gasteiger partial charge in [0.1, 0.15) is 12.1 Å². The summed E-state index contributed by atoms with van der Waals surface area (Å²) in [6.45, 7) is 7.74. The molecule has 0 radical (unpaired) electrons. The molecule has 2 amide bonds. The van der Waals surface area contributed by atoms with Gasteiger partial charge in [-0.05, 0) is 45.8 Å². The van der Waals surface area contributed by atoms with E-state index in [-0.39, 0.29) is 29.8 Å². The van der Waals surface area contributed by atoms with Crippen LogP contribution in [0.4, 0.5) is 0 Å². The highest BCUT2D eigenvalue weighted by Crippen LogP contribution is 2.20. The first kappa shape index (κ1) is 18.0. The molecule has 5 nitrogen and oxygen atoms in total. The van der Waals surface area contributed by atoms with Crippen LogP contribution >= 0.6 is 0 Å². The van der Waals surface area contributed by atoms with Gasteiger partial charge in [-0.25, -0.2) is 0 Å². The number of nitrogens with one attached hydrogen (secondary N) is 1. The fourth-order valence-electron chi connectivity index (χ4n) is 2.90. The van der Waals surface area contributed by atoms with Crippen LogP contribution in [-0.4, -0.2) is 60.9 Å². The lowest BCUT2D eigenvalue weighted by atomic mass is 9.95. The molecule has 122 valence electrons. The summed E-state index contributed by atoms with van der Waals surface area (Å²) in [5.41, 5.74) is 0. The van der Waals surface area contributed by atoms with Crippen LogP contribution in [0.2, 0.25) is 0 Å². The summed E-state index contributed by atoms with van der Waals surface area (Å²) in [6.07, 6.45) is 3.61. The van der Waals surface area contributed by atoms with Crippen LogP contribution in [0.25, 0.3) is 0 Å². The van der Waals surface area contributed by atoms with Crippen LogP contribution in [0.3, 0.4) is 0 Å². The second-order valence-electron chi connectivity index (χ2n) is 6.58. The van der Waals surface area contributed by atoms with E-state index in [9.17, 15) is 9.59 Å². The Hall–Kier alpha value is -1.10. The number of carbonyl (C=O) groups excluding carboxylic acids is 2. The van der Waals surface area contributed by atoms with E-state index in [4.69, 9.17) is 0 Å². The van der Waals surface area contributed by atoms with E-state index in [1.165, 1.54) is 0 Å².